The number of aromatic nitrogens is 1. The van der Waals surface area contributed by atoms with Crippen molar-refractivity contribution in [1.82, 2.24) is 10.3 Å². The molecule has 0 aliphatic heterocycles. The summed E-state index contributed by atoms with van der Waals surface area (Å²) in [4.78, 5) is 16.4. The van der Waals surface area contributed by atoms with Crippen molar-refractivity contribution in [2.45, 2.75) is 6.54 Å². The molecule has 0 aliphatic rings. The van der Waals surface area contributed by atoms with Crippen LogP contribution in [0.15, 0.2) is 54.7 Å². The minimum Gasteiger partial charge on any atom is -0.493 e. The highest BCUT2D eigenvalue weighted by molar-refractivity contribution is 5.92. The number of carbonyl (C=O) groups excluding carboxylic acids is 1. The van der Waals surface area contributed by atoms with Gasteiger partial charge in [0.1, 0.15) is 17.3 Å². The molecule has 29 heavy (non-hydrogen) atoms. The number of nitrogens with zero attached hydrogens (tertiary/aromatic N) is 1. The van der Waals surface area contributed by atoms with E-state index in [2.05, 4.69) is 15.6 Å². The summed E-state index contributed by atoms with van der Waals surface area (Å²) in [7, 11) is 3.09. The second kappa shape index (κ2) is 9.01. The van der Waals surface area contributed by atoms with Crippen LogP contribution in [0, 0.1) is 11.6 Å². The Balaban J connectivity index is 1.61. The number of halogens is 2. The number of hydrogen-bond acceptors (Lipinski definition) is 5. The summed E-state index contributed by atoms with van der Waals surface area (Å²) in [6.07, 6.45) is 1.40. The zero-order valence-corrected chi connectivity index (χ0v) is 15.8. The Morgan fingerprint density at radius 2 is 1.79 bits per heavy atom. The van der Waals surface area contributed by atoms with E-state index >= 15 is 0 Å². The Labute approximate surface area is 166 Å². The average Bonchev–Trinajstić information content (AvgIpc) is 2.74. The molecule has 1 heterocycles. The number of nitrogens with one attached hydrogen (secondary N) is 2. The number of carbonyl (C=O) groups is 1. The highest BCUT2D eigenvalue weighted by atomic mass is 19.1. The van der Waals surface area contributed by atoms with E-state index in [9.17, 15) is 13.6 Å². The van der Waals surface area contributed by atoms with Crippen molar-refractivity contribution in [3.8, 4) is 11.5 Å². The fourth-order valence-corrected chi connectivity index (χ4v) is 2.61. The number of hydrogen-bond donors (Lipinski definition) is 2. The highest BCUT2D eigenvalue weighted by Crippen LogP contribution is 2.27. The molecule has 0 unspecified atom stereocenters. The van der Waals surface area contributed by atoms with Crippen LogP contribution in [0.3, 0.4) is 0 Å². The van der Waals surface area contributed by atoms with Gasteiger partial charge >= 0.3 is 0 Å². The fraction of sp³-hybridized carbons (Fsp3) is 0.143. The molecular formula is C21H19F2N3O3. The third-order valence-electron chi connectivity index (χ3n) is 4.11. The standard InChI is InChI=1S/C21H19F2N3O3/c1-28-19-8-3-13(9-20(19)29-2)11-25-21(27)18-7-5-15(12-24-18)26-17-6-4-14(22)10-16(17)23/h3-10,12,26H,11H2,1-2H3,(H,25,27). The summed E-state index contributed by atoms with van der Waals surface area (Å²) in [6.45, 7) is 0.279. The quantitative estimate of drug-likeness (QED) is 0.627. The maximum Gasteiger partial charge on any atom is 0.270 e. The third kappa shape index (κ3) is 4.98. The fourth-order valence-electron chi connectivity index (χ4n) is 2.61. The van der Waals surface area contributed by atoms with E-state index in [1.165, 1.54) is 25.4 Å². The maximum absolute atomic E-state index is 13.7. The SMILES string of the molecule is COc1ccc(CNC(=O)c2ccc(Nc3ccc(F)cc3F)cn2)cc1OC. The van der Waals surface area contributed by atoms with Gasteiger partial charge < -0.3 is 20.1 Å². The Morgan fingerprint density at radius 1 is 1.00 bits per heavy atom. The van der Waals surface area contributed by atoms with Crippen molar-refractivity contribution in [2.75, 3.05) is 19.5 Å². The topological polar surface area (TPSA) is 72.5 Å². The second-order valence-corrected chi connectivity index (χ2v) is 6.05. The Kier molecular flexibility index (Phi) is 6.23. The maximum atomic E-state index is 13.7. The number of benzene rings is 2. The van der Waals surface area contributed by atoms with Gasteiger partial charge in [-0.2, -0.15) is 0 Å². The lowest BCUT2D eigenvalue weighted by Gasteiger charge is -2.11. The molecule has 0 saturated carbocycles. The second-order valence-electron chi connectivity index (χ2n) is 6.05. The molecule has 2 N–H and O–H groups in total. The Bertz CT molecular complexity index is 1010. The van der Waals surface area contributed by atoms with Crippen LogP contribution < -0.4 is 20.1 Å². The van der Waals surface area contributed by atoms with Gasteiger partial charge in [-0.05, 0) is 42.0 Å². The molecule has 6 nitrogen and oxygen atoms in total. The van der Waals surface area contributed by atoms with Gasteiger partial charge in [0.25, 0.3) is 5.91 Å². The van der Waals surface area contributed by atoms with E-state index in [4.69, 9.17) is 9.47 Å². The summed E-state index contributed by atoms with van der Waals surface area (Å²) < 4.78 is 37.1. The van der Waals surface area contributed by atoms with E-state index in [-0.39, 0.29) is 23.8 Å². The van der Waals surface area contributed by atoms with Gasteiger partial charge in [-0.1, -0.05) is 6.07 Å². The summed E-state index contributed by atoms with van der Waals surface area (Å²) in [5.41, 5.74) is 1.61. The van der Waals surface area contributed by atoms with Gasteiger partial charge in [0.2, 0.25) is 0 Å². The lowest BCUT2D eigenvalue weighted by Crippen LogP contribution is -2.23. The van der Waals surface area contributed by atoms with Crippen LogP contribution in [0.2, 0.25) is 0 Å². The molecule has 0 atom stereocenters. The number of anilines is 2. The third-order valence-corrected chi connectivity index (χ3v) is 4.11. The van der Waals surface area contributed by atoms with E-state index in [0.29, 0.717) is 17.2 Å². The van der Waals surface area contributed by atoms with Crippen LogP contribution in [0.1, 0.15) is 16.1 Å². The molecule has 3 rings (SSSR count). The lowest BCUT2D eigenvalue weighted by molar-refractivity contribution is 0.0946. The van der Waals surface area contributed by atoms with Crippen molar-refractivity contribution in [2.24, 2.45) is 0 Å². The molecule has 0 spiro atoms. The number of pyridine rings is 1. The monoisotopic (exact) mass is 399 g/mol. The zero-order chi connectivity index (χ0) is 20.8. The average molecular weight is 399 g/mol. The molecule has 150 valence electrons. The van der Waals surface area contributed by atoms with Crippen LogP contribution in [-0.4, -0.2) is 25.1 Å². The van der Waals surface area contributed by atoms with Crippen LogP contribution >= 0.6 is 0 Å². The molecule has 0 radical (unpaired) electrons. The molecule has 1 amide bonds. The minimum atomic E-state index is -0.721. The van der Waals surface area contributed by atoms with Gasteiger partial charge in [0, 0.05) is 12.6 Å². The predicted molar refractivity (Wildman–Crippen MR) is 105 cm³/mol. The number of ether oxygens (including phenoxy) is 2. The highest BCUT2D eigenvalue weighted by Gasteiger charge is 2.10. The van der Waals surface area contributed by atoms with Crippen molar-refractivity contribution in [3.05, 3.63) is 77.6 Å². The first-order valence-electron chi connectivity index (χ1n) is 8.67. The van der Waals surface area contributed by atoms with Crippen LogP contribution in [0.4, 0.5) is 20.2 Å². The summed E-state index contributed by atoms with van der Waals surface area (Å²) in [5.74, 6) is -0.570. The van der Waals surface area contributed by atoms with Gasteiger partial charge in [0.05, 0.1) is 31.8 Å². The summed E-state index contributed by atoms with van der Waals surface area (Å²) >= 11 is 0. The van der Waals surface area contributed by atoms with Crippen molar-refractivity contribution < 1.29 is 23.0 Å². The first-order valence-corrected chi connectivity index (χ1v) is 8.67. The molecule has 2 aromatic carbocycles. The summed E-state index contributed by atoms with van der Waals surface area (Å²) in [6, 6.07) is 11.7. The van der Waals surface area contributed by atoms with E-state index in [1.807, 2.05) is 6.07 Å². The molecule has 0 saturated heterocycles. The predicted octanol–water partition coefficient (Wildman–Crippen LogP) is 4.05. The van der Waals surface area contributed by atoms with Gasteiger partial charge in [-0.3, -0.25) is 4.79 Å². The number of methoxy groups -OCH3 is 2. The van der Waals surface area contributed by atoms with E-state index in [0.717, 1.165) is 17.7 Å². The minimum absolute atomic E-state index is 0.110. The van der Waals surface area contributed by atoms with Gasteiger partial charge in [0.15, 0.2) is 11.5 Å². The molecule has 0 aliphatic carbocycles. The smallest absolute Gasteiger partial charge is 0.270 e. The van der Waals surface area contributed by atoms with Crippen LogP contribution in [-0.2, 0) is 6.54 Å². The van der Waals surface area contributed by atoms with Crippen molar-refractivity contribution in [3.63, 3.8) is 0 Å². The Morgan fingerprint density at radius 3 is 2.45 bits per heavy atom. The van der Waals surface area contributed by atoms with Gasteiger partial charge in [-0.15, -0.1) is 0 Å². The van der Waals surface area contributed by atoms with Crippen LogP contribution in [0.25, 0.3) is 0 Å². The molecule has 8 heteroatoms. The Hall–Kier alpha value is -3.68. The normalized spacial score (nSPS) is 10.3. The van der Waals surface area contributed by atoms with E-state index in [1.54, 1.807) is 25.3 Å². The van der Waals surface area contributed by atoms with E-state index < -0.39 is 11.6 Å². The molecule has 1 aromatic heterocycles. The summed E-state index contributed by atoms with van der Waals surface area (Å²) in [5, 5.41) is 5.55. The first-order chi connectivity index (χ1) is 14.0. The largest absolute Gasteiger partial charge is 0.493 e. The number of rotatable bonds is 7. The zero-order valence-electron chi connectivity index (χ0n) is 15.8. The lowest BCUT2D eigenvalue weighted by atomic mass is 10.2. The molecule has 0 bridgehead atoms. The first kappa shape index (κ1) is 20.1. The van der Waals surface area contributed by atoms with Crippen molar-refractivity contribution in [1.29, 1.82) is 0 Å². The van der Waals surface area contributed by atoms with Crippen LogP contribution in [0.5, 0.6) is 11.5 Å². The molecular weight excluding hydrogens is 380 g/mol. The number of amides is 1. The van der Waals surface area contributed by atoms with Gasteiger partial charge in [-0.25, -0.2) is 13.8 Å². The molecule has 3 aromatic rings. The molecule has 0 fully saturated rings. The van der Waals surface area contributed by atoms with Crippen molar-refractivity contribution >= 4 is 17.3 Å².